The number of rotatable bonds is 8. The molecule has 2 aromatic rings. The number of nitrogens with one attached hydrogen (secondary N) is 2. The lowest BCUT2D eigenvalue weighted by atomic mass is 9.96. The third-order valence-corrected chi connectivity index (χ3v) is 5.17. The van der Waals surface area contributed by atoms with Crippen LogP contribution in [0.2, 0.25) is 0 Å². The fraction of sp³-hybridized carbons (Fsp3) is 0.455. The number of carbonyl (C=O) groups excluding carboxylic acids is 2. The number of furan rings is 1. The number of benzene rings is 1. The normalized spacial score (nSPS) is 14.9. The van der Waals surface area contributed by atoms with Crippen LogP contribution in [0.1, 0.15) is 29.7 Å². The fourth-order valence-electron chi connectivity index (χ4n) is 3.40. The molecule has 0 radical (unpaired) electrons. The van der Waals surface area contributed by atoms with Gasteiger partial charge in [-0.1, -0.05) is 24.3 Å². The van der Waals surface area contributed by atoms with Gasteiger partial charge in [0.1, 0.15) is 12.4 Å². The largest absolute Gasteiger partial charge is 0.467 e. The van der Waals surface area contributed by atoms with Gasteiger partial charge < -0.3 is 24.7 Å². The first kappa shape index (κ1) is 23.6. The summed E-state index contributed by atoms with van der Waals surface area (Å²) in [4.78, 5) is 26.4. The highest BCUT2D eigenvalue weighted by Crippen LogP contribution is 2.18. The first-order valence-corrected chi connectivity index (χ1v) is 10.4. The highest BCUT2D eigenvalue weighted by Gasteiger charge is 2.28. The second-order valence-corrected chi connectivity index (χ2v) is 7.64. The lowest BCUT2D eigenvalue weighted by Crippen LogP contribution is -2.46. The summed E-state index contributed by atoms with van der Waals surface area (Å²) >= 11 is 0. The van der Waals surface area contributed by atoms with Crippen molar-refractivity contribution >= 4 is 11.9 Å². The lowest BCUT2D eigenvalue weighted by Gasteiger charge is -2.31. The number of piperidine rings is 1. The molecule has 0 saturated carbocycles. The van der Waals surface area contributed by atoms with Crippen molar-refractivity contribution in [3.63, 3.8) is 0 Å². The van der Waals surface area contributed by atoms with Gasteiger partial charge in [-0.3, -0.25) is 4.79 Å². The SMILES string of the molecule is O=C(NCc1ccco1)C1CCN(C(=O)NCc2ccc(COCC(F)(F)F)cc2)CC1. The van der Waals surface area contributed by atoms with Crippen LogP contribution in [0.15, 0.2) is 47.1 Å². The van der Waals surface area contributed by atoms with E-state index in [2.05, 4.69) is 15.4 Å². The number of alkyl halides is 3. The molecular formula is C22H26F3N3O4. The Hall–Kier alpha value is -3.01. The monoisotopic (exact) mass is 453 g/mol. The number of likely N-dealkylation sites (tertiary alicyclic amines) is 1. The van der Waals surface area contributed by atoms with Gasteiger partial charge >= 0.3 is 12.2 Å². The van der Waals surface area contributed by atoms with Crippen molar-refractivity contribution in [1.29, 1.82) is 0 Å². The second kappa shape index (κ2) is 11.0. The molecule has 1 aliphatic rings. The number of ether oxygens (including phenoxy) is 1. The van der Waals surface area contributed by atoms with E-state index in [1.165, 1.54) is 0 Å². The predicted octanol–water partition coefficient (Wildman–Crippen LogP) is 3.60. The number of hydrogen-bond acceptors (Lipinski definition) is 4. The minimum atomic E-state index is -4.34. The molecular weight excluding hydrogens is 427 g/mol. The van der Waals surface area contributed by atoms with Crippen LogP contribution in [0, 0.1) is 5.92 Å². The second-order valence-electron chi connectivity index (χ2n) is 7.64. The van der Waals surface area contributed by atoms with Gasteiger partial charge in [-0.25, -0.2) is 4.79 Å². The molecule has 0 spiro atoms. The Morgan fingerprint density at radius 1 is 1.03 bits per heavy atom. The van der Waals surface area contributed by atoms with Gasteiger partial charge in [0.15, 0.2) is 0 Å². The smallest absolute Gasteiger partial charge is 0.411 e. The Labute approximate surface area is 183 Å². The van der Waals surface area contributed by atoms with E-state index in [0.717, 1.165) is 5.56 Å². The number of nitrogens with zero attached hydrogens (tertiary/aromatic N) is 1. The number of halogens is 3. The highest BCUT2D eigenvalue weighted by molar-refractivity contribution is 5.79. The molecule has 1 saturated heterocycles. The highest BCUT2D eigenvalue weighted by atomic mass is 19.4. The molecule has 3 rings (SSSR count). The van der Waals surface area contributed by atoms with Gasteiger partial charge in [0.25, 0.3) is 0 Å². The molecule has 1 aliphatic heterocycles. The fourth-order valence-corrected chi connectivity index (χ4v) is 3.40. The summed E-state index contributed by atoms with van der Waals surface area (Å²) in [5.74, 6) is 0.513. The van der Waals surface area contributed by atoms with E-state index in [1.54, 1.807) is 47.6 Å². The maximum Gasteiger partial charge on any atom is 0.411 e. The van der Waals surface area contributed by atoms with Crippen LogP contribution in [-0.4, -0.2) is 42.7 Å². The van der Waals surface area contributed by atoms with Crippen LogP contribution in [-0.2, 0) is 29.2 Å². The van der Waals surface area contributed by atoms with Crippen LogP contribution in [0.5, 0.6) is 0 Å². The number of urea groups is 1. The van der Waals surface area contributed by atoms with E-state index in [9.17, 15) is 22.8 Å². The summed E-state index contributed by atoms with van der Waals surface area (Å²) in [5, 5.41) is 5.69. The van der Waals surface area contributed by atoms with Gasteiger partial charge in [-0.15, -0.1) is 0 Å². The molecule has 1 fully saturated rings. The number of amides is 3. The van der Waals surface area contributed by atoms with Gasteiger partial charge in [0.05, 0.1) is 19.4 Å². The minimum absolute atomic E-state index is 0.0410. The van der Waals surface area contributed by atoms with E-state index in [0.29, 0.717) is 50.3 Å². The van der Waals surface area contributed by atoms with E-state index in [-0.39, 0.29) is 24.5 Å². The van der Waals surface area contributed by atoms with E-state index >= 15 is 0 Å². The zero-order chi connectivity index (χ0) is 23.0. The van der Waals surface area contributed by atoms with Crippen molar-refractivity contribution in [1.82, 2.24) is 15.5 Å². The molecule has 1 aromatic carbocycles. The summed E-state index contributed by atoms with van der Waals surface area (Å²) in [6.07, 6.45) is -1.61. The first-order valence-electron chi connectivity index (χ1n) is 10.4. The van der Waals surface area contributed by atoms with Crippen molar-refractivity contribution in [2.24, 2.45) is 5.92 Å². The van der Waals surface area contributed by atoms with Gasteiger partial charge in [0.2, 0.25) is 5.91 Å². The molecule has 0 atom stereocenters. The maximum absolute atomic E-state index is 12.4. The number of carbonyl (C=O) groups is 2. The van der Waals surface area contributed by atoms with E-state index < -0.39 is 12.8 Å². The summed E-state index contributed by atoms with van der Waals surface area (Å²) in [6.45, 7) is 0.204. The summed E-state index contributed by atoms with van der Waals surface area (Å²) in [7, 11) is 0. The number of hydrogen-bond donors (Lipinski definition) is 2. The van der Waals surface area contributed by atoms with Crippen LogP contribution >= 0.6 is 0 Å². The molecule has 1 aromatic heterocycles. The molecule has 7 nitrogen and oxygen atoms in total. The van der Waals surface area contributed by atoms with Gasteiger partial charge in [-0.2, -0.15) is 13.2 Å². The van der Waals surface area contributed by atoms with Gasteiger partial charge in [0, 0.05) is 25.6 Å². The van der Waals surface area contributed by atoms with Crippen LogP contribution < -0.4 is 10.6 Å². The summed E-state index contributed by atoms with van der Waals surface area (Å²) < 4.78 is 46.1. The minimum Gasteiger partial charge on any atom is -0.467 e. The van der Waals surface area contributed by atoms with Crippen LogP contribution in [0.3, 0.4) is 0 Å². The topological polar surface area (TPSA) is 83.8 Å². The predicted molar refractivity (Wildman–Crippen MR) is 109 cm³/mol. The zero-order valence-electron chi connectivity index (χ0n) is 17.5. The quantitative estimate of drug-likeness (QED) is 0.640. The van der Waals surface area contributed by atoms with Gasteiger partial charge in [-0.05, 0) is 36.1 Å². The van der Waals surface area contributed by atoms with Crippen molar-refractivity contribution in [3.8, 4) is 0 Å². The third kappa shape index (κ3) is 7.60. The van der Waals surface area contributed by atoms with Crippen molar-refractivity contribution < 1.29 is 31.9 Å². The molecule has 2 heterocycles. The summed E-state index contributed by atoms with van der Waals surface area (Å²) in [5.41, 5.74) is 1.45. The third-order valence-electron chi connectivity index (χ3n) is 5.17. The average Bonchev–Trinajstić information content (AvgIpc) is 3.30. The molecule has 0 unspecified atom stereocenters. The van der Waals surface area contributed by atoms with Crippen LogP contribution in [0.4, 0.5) is 18.0 Å². The van der Waals surface area contributed by atoms with Crippen molar-refractivity contribution in [2.75, 3.05) is 19.7 Å². The van der Waals surface area contributed by atoms with Crippen LogP contribution in [0.25, 0.3) is 0 Å². The molecule has 0 bridgehead atoms. The molecule has 2 N–H and O–H groups in total. The standard InChI is InChI=1S/C22H26F3N3O4/c23-22(24,25)15-31-14-17-5-3-16(4-6-17)12-27-21(30)28-9-7-18(8-10-28)20(29)26-13-19-2-1-11-32-19/h1-6,11,18H,7-10,12-15H2,(H,26,29)(H,27,30). The Balaban J connectivity index is 1.34. The molecule has 0 aliphatic carbocycles. The molecule has 3 amide bonds. The first-order chi connectivity index (χ1) is 15.3. The molecule has 10 heteroatoms. The Morgan fingerprint density at radius 2 is 1.72 bits per heavy atom. The van der Waals surface area contributed by atoms with Crippen molar-refractivity contribution in [3.05, 3.63) is 59.5 Å². The maximum atomic E-state index is 12.4. The molecule has 32 heavy (non-hydrogen) atoms. The van der Waals surface area contributed by atoms with Crippen molar-refractivity contribution in [2.45, 2.75) is 38.7 Å². The Morgan fingerprint density at radius 3 is 2.34 bits per heavy atom. The van der Waals surface area contributed by atoms with E-state index in [1.807, 2.05) is 0 Å². The lowest BCUT2D eigenvalue weighted by molar-refractivity contribution is -0.176. The molecule has 174 valence electrons. The average molecular weight is 453 g/mol. The Bertz CT molecular complexity index is 862. The van der Waals surface area contributed by atoms with E-state index in [4.69, 9.17) is 4.42 Å². The zero-order valence-corrected chi connectivity index (χ0v) is 17.5. The Kier molecular flexibility index (Phi) is 8.15. The summed E-state index contributed by atoms with van der Waals surface area (Å²) in [6, 6.07) is 10.2.